The van der Waals surface area contributed by atoms with Crippen LogP contribution in [0.1, 0.15) is 10.4 Å². The van der Waals surface area contributed by atoms with Crippen molar-refractivity contribution in [3.8, 4) is 12.0 Å². The predicted octanol–water partition coefficient (Wildman–Crippen LogP) is 1.33. The zero-order valence-electron chi connectivity index (χ0n) is 16.6. The van der Waals surface area contributed by atoms with Crippen LogP contribution in [0.3, 0.4) is 0 Å². The molecular formula is C17H18ClN5O7S. The number of rotatable bonds is 8. The van der Waals surface area contributed by atoms with Crippen molar-refractivity contribution in [2.75, 3.05) is 32.8 Å². The first kappa shape index (κ1) is 23.8. The molecule has 0 bridgehead atoms. The highest BCUT2D eigenvalue weighted by molar-refractivity contribution is 7.90. The van der Waals surface area contributed by atoms with Crippen molar-refractivity contribution in [3.63, 3.8) is 0 Å². The van der Waals surface area contributed by atoms with Gasteiger partial charge in [0.05, 0.1) is 26.9 Å². The number of amides is 2. The summed E-state index contributed by atoms with van der Waals surface area (Å²) in [7, 11) is -0.809. The van der Waals surface area contributed by atoms with Crippen molar-refractivity contribution in [3.05, 3.63) is 41.4 Å². The molecule has 0 radical (unpaired) electrons. The van der Waals surface area contributed by atoms with Crippen LogP contribution in [0.25, 0.3) is 0 Å². The van der Waals surface area contributed by atoms with Crippen LogP contribution in [0.2, 0.25) is 0 Å². The minimum Gasteiger partial charge on any atom is -0.467 e. The van der Waals surface area contributed by atoms with E-state index in [2.05, 4.69) is 19.7 Å². The van der Waals surface area contributed by atoms with Gasteiger partial charge in [0.25, 0.3) is 10.0 Å². The topological polar surface area (TPSA) is 150 Å². The largest absolute Gasteiger partial charge is 0.467 e. The van der Waals surface area contributed by atoms with Crippen LogP contribution < -0.4 is 19.1 Å². The number of carbonyl (C=O) groups excluding carboxylic acids is 2. The highest BCUT2D eigenvalue weighted by atomic mass is 35.5. The van der Waals surface area contributed by atoms with Crippen LogP contribution in [0.15, 0.2) is 40.8 Å². The Hall–Kier alpha value is -3.45. The van der Waals surface area contributed by atoms with E-state index in [0.717, 1.165) is 23.6 Å². The standard InChI is InChI=1S/C17H18ClN5O7S/c1-28-13(24)11-7-4-5-8-12(11)31(26,27)22-17(25)23(10-6-9-18)14-19-15(29-2)21-16(20-14)30-3/h4-9H,10H2,1-3H3,(H,22,25). The average Bonchev–Trinajstić information content (AvgIpc) is 2.78. The second-order valence-corrected chi connectivity index (χ2v) is 7.38. The van der Waals surface area contributed by atoms with E-state index in [4.69, 9.17) is 21.1 Å². The number of carbonyl (C=O) groups is 2. The molecule has 1 aromatic carbocycles. The molecule has 0 unspecified atom stereocenters. The molecule has 2 aromatic rings. The van der Waals surface area contributed by atoms with Gasteiger partial charge in [-0.25, -0.2) is 22.7 Å². The molecule has 1 heterocycles. The number of anilines is 1. The van der Waals surface area contributed by atoms with Crippen LogP contribution in [-0.4, -0.2) is 63.2 Å². The minimum absolute atomic E-state index is 0.173. The van der Waals surface area contributed by atoms with Gasteiger partial charge in [0, 0.05) is 12.1 Å². The first-order valence-corrected chi connectivity index (χ1v) is 10.3. The Kier molecular flexibility index (Phi) is 8.10. The number of benzene rings is 1. The number of esters is 1. The van der Waals surface area contributed by atoms with Gasteiger partial charge in [-0.15, -0.1) is 4.98 Å². The van der Waals surface area contributed by atoms with Gasteiger partial charge in [0.1, 0.15) is 4.90 Å². The number of hydrogen-bond acceptors (Lipinski definition) is 10. The summed E-state index contributed by atoms with van der Waals surface area (Å²) in [6.07, 6.45) is 1.35. The van der Waals surface area contributed by atoms with E-state index in [0.29, 0.717) is 0 Å². The molecule has 31 heavy (non-hydrogen) atoms. The smallest absolute Gasteiger partial charge is 0.339 e. The number of ether oxygens (including phenoxy) is 3. The molecule has 12 nitrogen and oxygen atoms in total. The average molecular weight is 472 g/mol. The predicted molar refractivity (Wildman–Crippen MR) is 109 cm³/mol. The summed E-state index contributed by atoms with van der Waals surface area (Å²) in [4.78, 5) is 36.8. The molecule has 14 heteroatoms. The summed E-state index contributed by atoms with van der Waals surface area (Å²) >= 11 is 5.54. The first-order chi connectivity index (χ1) is 14.8. The maximum atomic E-state index is 12.8. The Balaban J connectivity index is 2.45. The normalized spacial score (nSPS) is 11.1. The zero-order chi connectivity index (χ0) is 23.0. The molecule has 0 spiro atoms. The highest BCUT2D eigenvalue weighted by Gasteiger charge is 2.28. The van der Waals surface area contributed by atoms with Gasteiger partial charge in [0.2, 0.25) is 5.95 Å². The lowest BCUT2D eigenvalue weighted by atomic mass is 10.2. The van der Waals surface area contributed by atoms with Crippen LogP contribution in [0, 0.1) is 0 Å². The number of halogens is 1. The van der Waals surface area contributed by atoms with E-state index in [-0.39, 0.29) is 30.1 Å². The summed E-state index contributed by atoms with van der Waals surface area (Å²) < 4.78 is 42.0. The van der Waals surface area contributed by atoms with Crippen molar-refractivity contribution in [2.45, 2.75) is 4.90 Å². The third-order valence-corrected chi connectivity index (χ3v) is 5.17. The quantitative estimate of drug-likeness (QED) is 0.558. The summed E-state index contributed by atoms with van der Waals surface area (Å²) in [5.74, 6) is -1.16. The number of aromatic nitrogens is 3. The molecule has 0 saturated heterocycles. The van der Waals surface area contributed by atoms with Gasteiger partial charge in [-0.3, -0.25) is 4.90 Å². The van der Waals surface area contributed by atoms with Gasteiger partial charge >= 0.3 is 24.0 Å². The summed E-state index contributed by atoms with van der Waals surface area (Å²) in [5.41, 5.74) is 0.873. The third kappa shape index (κ3) is 5.79. The molecule has 0 fully saturated rings. The van der Waals surface area contributed by atoms with Crippen LogP contribution in [0.4, 0.5) is 10.7 Å². The van der Waals surface area contributed by atoms with Crippen molar-refractivity contribution in [2.24, 2.45) is 0 Å². The number of hydrogen-bond donors (Lipinski definition) is 1. The summed E-state index contributed by atoms with van der Waals surface area (Å²) in [6, 6.07) is 3.77. The molecule has 0 atom stereocenters. The number of urea groups is 1. The van der Waals surface area contributed by atoms with Gasteiger partial charge in [-0.2, -0.15) is 9.97 Å². The molecule has 166 valence electrons. The van der Waals surface area contributed by atoms with Crippen LogP contribution >= 0.6 is 11.6 Å². The van der Waals surface area contributed by atoms with E-state index >= 15 is 0 Å². The molecule has 2 amide bonds. The second kappa shape index (κ2) is 10.5. The van der Waals surface area contributed by atoms with E-state index in [1.54, 1.807) is 0 Å². The van der Waals surface area contributed by atoms with Crippen molar-refractivity contribution in [1.82, 2.24) is 19.7 Å². The zero-order valence-corrected chi connectivity index (χ0v) is 18.2. The van der Waals surface area contributed by atoms with Gasteiger partial charge in [0.15, 0.2) is 0 Å². The Morgan fingerprint density at radius 1 is 1.10 bits per heavy atom. The third-order valence-electron chi connectivity index (χ3n) is 3.61. The SMILES string of the molecule is COC(=O)c1ccccc1S(=O)(=O)NC(=O)N(CC=CCl)c1nc(OC)nc(OC)n1. The lowest BCUT2D eigenvalue weighted by Crippen LogP contribution is -2.44. The number of nitrogens with zero attached hydrogens (tertiary/aromatic N) is 4. The fourth-order valence-corrected chi connectivity index (χ4v) is 3.46. The first-order valence-electron chi connectivity index (χ1n) is 8.38. The molecule has 0 aliphatic carbocycles. The number of methoxy groups -OCH3 is 3. The van der Waals surface area contributed by atoms with E-state index in [1.165, 1.54) is 38.5 Å². The minimum atomic E-state index is -4.49. The number of sulfonamides is 1. The monoisotopic (exact) mass is 471 g/mol. The molecule has 1 aromatic heterocycles. The molecule has 1 N–H and O–H groups in total. The van der Waals surface area contributed by atoms with E-state index in [9.17, 15) is 18.0 Å². The summed E-state index contributed by atoms with van der Waals surface area (Å²) in [6.45, 7) is -0.209. The maximum absolute atomic E-state index is 12.8. The van der Waals surface area contributed by atoms with Gasteiger partial charge in [-0.1, -0.05) is 29.8 Å². The highest BCUT2D eigenvalue weighted by Crippen LogP contribution is 2.19. The Morgan fingerprint density at radius 2 is 1.71 bits per heavy atom. The van der Waals surface area contributed by atoms with E-state index in [1.807, 2.05) is 4.72 Å². The second-order valence-electron chi connectivity index (χ2n) is 5.48. The van der Waals surface area contributed by atoms with Crippen molar-refractivity contribution in [1.29, 1.82) is 0 Å². The lowest BCUT2D eigenvalue weighted by molar-refractivity contribution is 0.0596. The van der Waals surface area contributed by atoms with Crippen LogP contribution in [0.5, 0.6) is 12.0 Å². The fraction of sp³-hybridized carbons (Fsp3) is 0.235. The Bertz CT molecular complexity index is 1070. The lowest BCUT2D eigenvalue weighted by Gasteiger charge is -2.20. The molecule has 2 rings (SSSR count). The molecule has 0 aliphatic rings. The van der Waals surface area contributed by atoms with Gasteiger partial charge in [-0.05, 0) is 12.1 Å². The summed E-state index contributed by atoms with van der Waals surface area (Å²) in [5, 5.41) is 0. The van der Waals surface area contributed by atoms with E-state index < -0.39 is 26.9 Å². The Labute approximate surface area is 182 Å². The van der Waals surface area contributed by atoms with Gasteiger partial charge < -0.3 is 14.2 Å². The molecular weight excluding hydrogens is 454 g/mol. The van der Waals surface area contributed by atoms with Crippen LogP contribution in [-0.2, 0) is 14.8 Å². The Morgan fingerprint density at radius 3 is 2.26 bits per heavy atom. The maximum Gasteiger partial charge on any atom is 0.339 e. The molecule has 0 aliphatic heterocycles. The fourth-order valence-electron chi connectivity index (χ4n) is 2.24. The number of nitrogens with one attached hydrogen (secondary N) is 1. The van der Waals surface area contributed by atoms with Crippen molar-refractivity contribution >= 4 is 39.6 Å². The molecule has 0 saturated carbocycles. The van der Waals surface area contributed by atoms with Crippen molar-refractivity contribution < 1.29 is 32.2 Å².